The number of hydrogen-bond donors (Lipinski definition) is 2. The number of nitrogens with two attached hydrogens (primary N) is 2. The van der Waals surface area contributed by atoms with E-state index >= 15 is 0 Å². The molecule has 0 bridgehead atoms. The van der Waals surface area contributed by atoms with E-state index in [-0.39, 0.29) is 17.8 Å². The quantitative estimate of drug-likeness (QED) is 0.137. The predicted molar refractivity (Wildman–Crippen MR) is 192 cm³/mol. The molecule has 8 heteroatoms. The summed E-state index contributed by atoms with van der Waals surface area (Å²) in [6.07, 6.45) is 2.54. The highest BCUT2D eigenvalue weighted by molar-refractivity contribution is 5.97. The zero-order valence-electron chi connectivity index (χ0n) is 29.2. The second-order valence-electron chi connectivity index (χ2n) is 14.6. The summed E-state index contributed by atoms with van der Waals surface area (Å²) in [4.78, 5) is 16.4. The van der Waals surface area contributed by atoms with Gasteiger partial charge < -0.3 is 20.9 Å². The van der Waals surface area contributed by atoms with Crippen LogP contribution in [0.3, 0.4) is 0 Å². The van der Waals surface area contributed by atoms with Crippen molar-refractivity contribution in [2.75, 3.05) is 11.5 Å². The average molecular weight is 636 g/mol. The van der Waals surface area contributed by atoms with Gasteiger partial charge in [0, 0.05) is 40.6 Å². The molecule has 0 aliphatic carbocycles. The van der Waals surface area contributed by atoms with Gasteiger partial charge in [0.1, 0.15) is 22.8 Å². The summed E-state index contributed by atoms with van der Waals surface area (Å²) in [6.45, 7) is 18.1. The Kier molecular flexibility index (Phi) is 10.3. The Hall–Kier alpha value is -4.85. The van der Waals surface area contributed by atoms with Gasteiger partial charge in [0.2, 0.25) is 0 Å². The molecule has 8 nitrogen and oxygen atoms in total. The number of rotatable bonds is 7. The summed E-state index contributed by atoms with van der Waals surface area (Å²) in [5, 5.41) is 6.55. The van der Waals surface area contributed by atoms with E-state index < -0.39 is 11.2 Å². The minimum Gasteiger partial charge on any atom is -0.487 e. The van der Waals surface area contributed by atoms with E-state index in [1.165, 1.54) is 5.56 Å². The zero-order chi connectivity index (χ0) is 34.6. The molecule has 3 aromatic carbocycles. The van der Waals surface area contributed by atoms with Gasteiger partial charge in [-0.15, -0.1) is 0 Å². The highest BCUT2D eigenvalue weighted by Gasteiger charge is 2.23. The van der Waals surface area contributed by atoms with Gasteiger partial charge in [0.25, 0.3) is 0 Å². The van der Waals surface area contributed by atoms with Crippen LogP contribution in [-0.2, 0) is 27.8 Å². The van der Waals surface area contributed by atoms with Crippen molar-refractivity contribution >= 4 is 28.2 Å². The first kappa shape index (κ1) is 35.0. The molecule has 248 valence electrons. The first-order valence-corrected chi connectivity index (χ1v) is 16.0. The van der Waals surface area contributed by atoms with E-state index in [0.717, 1.165) is 39.2 Å². The van der Waals surface area contributed by atoms with Crippen LogP contribution in [0, 0.1) is 6.92 Å². The van der Waals surface area contributed by atoms with Gasteiger partial charge in [0.15, 0.2) is 0 Å². The molecule has 47 heavy (non-hydrogen) atoms. The summed E-state index contributed by atoms with van der Waals surface area (Å²) in [5.41, 5.74) is 16.9. The molecule has 5 aromatic rings. The SMILES string of the molecule is CC(C)(C)OC(=O)Cc1cc(CC(C)(C)Oc2ccc(N)c3ccccc23)ccn1.Cc1ccc(-n2nc(C(C)(C)C)cc2N)cc1. The number of aromatic nitrogens is 3. The number of ether oxygens (including phenoxy) is 2. The third-order valence-electron chi connectivity index (χ3n) is 7.34. The van der Waals surface area contributed by atoms with Gasteiger partial charge in [-0.2, -0.15) is 5.10 Å². The minimum absolute atomic E-state index is 0.0179. The molecule has 0 fully saturated rings. The maximum atomic E-state index is 12.1. The maximum absolute atomic E-state index is 12.1. The van der Waals surface area contributed by atoms with Crippen LogP contribution in [0.5, 0.6) is 5.75 Å². The van der Waals surface area contributed by atoms with Crippen LogP contribution in [0.4, 0.5) is 11.5 Å². The second kappa shape index (κ2) is 13.9. The summed E-state index contributed by atoms with van der Waals surface area (Å²) in [5.74, 6) is 1.20. The van der Waals surface area contributed by atoms with Crippen molar-refractivity contribution in [1.82, 2.24) is 14.8 Å². The molecular formula is C39H49N5O3. The Morgan fingerprint density at radius 2 is 1.49 bits per heavy atom. The number of carbonyl (C=O) groups is 1. The van der Waals surface area contributed by atoms with Crippen molar-refractivity contribution in [3.63, 3.8) is 0 Å². The van der Waals surface area contributed by atoms with E-state index in [1.54, 1.807) is 10.9 Å². The third-order valence-corrected chi connectivity index (χ3v) is 7.34. The van der Waals surface area contributed by atoms with E-state index in [4.69, 9.17) is 20.9 Å². The van der Waals surface area contributed by atoms with Gasteiger partial charge in [-0.1, -0.05) is 62.7 Å². The second-order valence-corrected chi connectivity index (χ2v) is 14.6. The van der Waals surface area contributed by atoms with E-state index in [0.29, 0.717) is 17.9 Å². The zero-order valence-corrected chi connectivity index (χ0v) is 29.2. The van der Waals surface area contributed by atoms with Gasteiger partial charge in [-0.3, -0.25) is 9.78 Å². The number of hydrogen-bond acceptors (Lipinski definition) is 7. The van der Waals surface area contributed by atoms with Crippen LogP contribution in [0.25, 0.3) is 16.5 Å². The van der Waals surface area contributed by atoms with Crippen molar-refractivity contribution in [3.8, 4) is 11.4 Å². The van der Waals surface area contributed by atoms with Crippen LogP contribution in [0.15, 0.2) is 85.1 Å². The van der Waals surface area contributed by atoms with Gasteiger partial charge in [-0.25, -0.2) is 4.68 Å². The van der Waals surface area contributed by atoms with Crippen LogP contribution in [-0.4, -0.2) is 31.9 Å². The number of pyridine rings is 1. The Labute approximate surface area is 279 Å². The molecule has 0 aliphatic rings. The van der Waals surface area contributed by atoms with E-state index in [9.17, 15) is 4.79 Å². The molecule has 0 radical (unpaired) electrons. The summed E-state index contributed by atoms with van der Waals surface area (Å²) >= 11 is 0. The molecule has 4 N–H and O–H groups in total. The lowest BCUT2D eigenvalue weighted by Crippen LogP contribution is -2.31. The van der Waals surface area contributed by atoms with Crippen LogP contribution in [0.2, 0.25) is 0 Å². The molecular weight excluding hydrogens is 586 g/mol. The van der Waals surface area contributed by atoms with Crippen molar-refractivity contribution < 1.29 is 14.3 Å². The first-order chi connectivity index (χ1) is 21.9. The molecule has 0 aliphatic heterocycles. The predicted octanol–water partition coefficient (Wildman–Crippen LogP) is 8.16. The van der Waals surface area contributed by atoms with Gasteiger partial charge in [-0.05, 0) is 83.5 Å². The standard InChI is InChI=1S/C25H30N2O3.C14H19N3/c1-24(2,3)30-23(28)15-18-14-17(12-13-27-18)16-25(4,5)29-22-11-10-21(26)19-8-6-7-9-20(19)22;1-10-5-7-11(8-6-10)17-13(15)9-12(16-17)14(2,3)4/h6-14H,15-16,26H2,1-5H3;5-9H,15H2,1-4H3. The number of benzene rings is 3. The molecule has 2 heterocycles. The Morgan fingerprint density at radius 3 is 2.11 bits per heavy atom. The van der Waals surface area contributed by atoms with Crippen molar-refractivity contribution in [1.29, 1.82) is 0 Å². The third kappa shape index (κ3) is 9.82. The molecule has 0 unspecified atom stereocenters. The highest BCUT2D eigenvalue weighted by atomic mass is 16.6. The fourth-order valence-electron chi connectivity index (χ4n) is 5.12. The number of aryl methyl sites for hydroxylation is 1. The molecule has 2 aromatic heterocycles. The highest BCUT2D eigenvalue weighted by Crippen LogP contribution is 2.33. The minimum atomic E-state index is -0.508. The average Bonchev–Trinajstić information content (AvgIpc) is 3.36. The summed E-state index contributed by atoms with van der Waals surface area (Å²) in [7, 11) is 0. The molecule has 0 saturated carbocycles. The van der Waals surface area contributed by atoms with Gasteiger partial charge in [0.05, 0.1) is 23.5 Å². The number of anilines is 2. The van der Waals surface area contributed by atoms with Crippen LogP contribution >= 0.6 is 0 Å². The fraction of sp³-hybridized carbons (Fsp3) is 0.359. The maximum Gasteiger partial charge on any atom is 0.312 e. The molecule has 0 amide bonds. The summed E-state index contributed by atoms with van der Waals surface area (Å²) in [6, 6.07) is 25.8. The number of nitrogen functional groups attached to an aromatic ring is 2. The molecule has 0 atom stereocenters. The number of carbonyl (C=O) groups excluding carboxylic acids is 1. The Bertz CT molecular complexity index is 1830. The van der Waals surface area contributed by atoms with Crippen molar-refractivity contribution in [2.45, 2.75) is 91.8 Å². The van der Waals surface area contributed by atoms with Crippen molar-refractivity contribution in [2.24, 2.45) is 0 Å². The largest absolute Gasteiger partial charge is 0.487 e. The fourth-order valence-corrected chi connectivity index (χ4v) is 5.12. The number of esters is 1. The lowest BCUT2D eigenvalue weighted by molar-refractivity contribution is -0.154. The number of nitrogens with zero attached hydrogens (tertiary/aromatic N) is 3. The Balaban J connectivity index is 0.000000248. The van der Waals surface area contributed by atoms with Crippen LogP contribution in [0.1, 0.15) is 77.9 Å². The molecule has 0 spiro atoms. The smallest absolute Gasteiger partial charge is 0.312 e. The lowest BCUT2D eigenvalue weighted by Gasteiger charge is -2.28. The topological polar surface area (TPSA) is 118 Å². The lowest BCUT2D eigenvalue weighted by atomic mass is 9.92. The van der Waals surface area contributed by atoms with Gasteiger partial charge >= 0.3 is 5.97 Å². The Morgan fingerprint density at radius 1 is 0.830 bits per heavy atom. The molecule has 0 saturated heterocycles. The van der Waals surface area contributed by atoms with Crippen LogP contribution < -0.4 is 16.2 Å². The molecule has 5 rings (SSSR count). The van der Waals surface area contributed by atoms with E-state index in [2.05, 4.69) is 49.9 Å². The van der Waals surface area contributed by atoms with Crippen molar-refractivity contribution in [3.05, 3.63) is 108 Å². The first-order valence-electron chi connectivity index (χ1n) is 16.0. The normalized spacial score (nSPS) is 11.9. The number of fused-ring (bicyclic) bond motifs is 1. The van der Waals surface area contributed by atoms with E-state index in [1.807, 2.05) is 101 Å². The monoisotopic (exact) mass is 635 g/mol. The summed E-state index contributed by atoms with van der Waals surface area (Å²) < 4.78 is 13.6.